The van der Waals surface area contributed by atoms with Gasteiger partial charge in [-0.15, -0.1) is 0 Å². The van der Waals surface area contributed by atoms with Crippen LogP contribution in [-0.2, 0) is 45.3 Å². The van der Waals surface area contributed by atoms with Crippen LogP contribution in [0.5, 0.6) is 0 Å². The molecule has 15 nitrogen and oxygen atoms in total. The number of aromatic nitrogens is 1. The minimum Gasteiger partial charge on any atom is -0.461 e. The fourth-order valence-electron chi connectivity index (χ4n) is 5.59. The lowest BCUT2D eigenvalue weighted by atomic mass is 9.92. The number of amides is 2. The molecule has 0 unspecified atom stereocenters. The molecule has 4 rings (SSSR count). The molecule has 6 N–H and O–H groups in total. The number of aromatic amines is 1. The second kappa shape index (κ2) is 15.1. The topological polar surface area (TPSA) is 223 Å². The molecule has 2 aliphatic heterocycles. The van der Waals surface area contributed by atoms with Gasteiger partial charge in [-0.2, -0.15) is 5.26 Å². The van der Waals surface area contributed by atoms with E-state index in [-0.39, 0.29) is 36.2 Å². The number of esters is 1. The lowest BCUT2D eigenvalue weighted by Gasteiger charge is -2.29. The average Bonchev–Trinajstić information content (AvgIpc) is 3.71. The standard InChI is InChI=1S/C34H44FN7O8/c1-18(2)25(41-31(45)50-32(3,4)5)30(44)46-15-23-26-27(49-33(6,7)48-26)34(16-36,47-23)24-13-12-22(40-24)28(39-17-37)42-29(43)21(38)14-19-8-10-20(35)11-9-19/h8-13,17-18,21,23,25-27,40H,14-15,38H2,1-7H3,(H,41,45)(H2,37,39,42,43)/t21-,23+,25-,26+,27+,34-/m0/s1. The molecule has 0 saturated carbocycles. The Balaban J connectivity index is 1.52. The molecule has 2 aliphatic rings. The van der Waals surface area contributed by atoms with Crippen molar-refractivity contribution in [1.29, 1.82) is 10.7 Å². The molecule has 0 aliphatic carbocycles. The van der Waals surface area contributed by atoms with E-state index in [1.54, 1.807) is 54.5 Å². The Morgan fingerprint density at radius 2 is 1.84 bits per heavy atom. The van der Waals surface area contributed by atoms with Crippen molar-refractivity contribution in [2.45, 2.75) is 102 Å². The molecule has 16 heteroatoms. The Bertz CT molecular complexity index is 1650. The Morgan fingerprint density at radius 3 is 2.44 bits per heavy atom. The largest absolute Gasteiger partial charge is 0.461 e. The number of carbonyl (C=O) groups excluding carboxylic acids is 3. The second-order valence-corrected chi connectivity index (χ2v) is 13.8. The number of carbonyl (C=O) groups is 3. The summed E-state index contributed by atoms with van der Waals surface area (Å²) in [5, 5.41) is 23.3. The van der Waals surface area contributed by atoms with E-state index in [2.05, 4.69) is 26.7 Å². The van der Waals surface area contributed by atoms with Gasteiger partial charge in [0.15, 0.2) is 11.6 Å². The quantitative estimate of drug-likeness (QED) is 0.131. The van der Waals surface area contributed by atoms with Gasteiger partial charge in [0.1, 0.15) is 54.8 Å². The van der Waals surface area contributed by atoms with Crippen LogP contribution in [0.15, 0.2) is 41.4 Å². The van der Waals surface area contributed by atoms with Gasteiger partial charge >= 0.3 is 12.1 Å². The van der Waals surface area contributed by atoms with Gasteiger partial charge in [0, 0.05) is 0 Å². The van der Waals surface area contributed by atoms with Crippen LogP contribution in [0.25, 0.3) is 0 Å². The summed E-state index contributed by atoms with van der Waals surface area (Å²) < 4.78 is 42.7. The van der Waals surface area contributed by atoms with Crippen LogP contribution in [0.3, 0.4) is 0 Å². The number of alkyl carbamates (subject to hydrolysis) is 1. The van der Waals surface area contributed by atoms with E-state index in [9.17, 15) is 24.0 Å². The minimum absolute atomic E-state index is 0.0555. The first-order chi connectivity index (χ1) is 23.4. The van der Waals surface area contributed by atoms with Gasteiger partial charge in [-0.3, -0.25) is 10.2 Å². The molecular weight excluding hydrogens is 653 g/mol. The Kier molecular flexibility index (Phi) is 11.5. The number of aliphatic imine (C=N–C) groups is 1. The van der Waals surface area contributed by atoms with E-state index in [0.717, 1.165) is 6.34 Å². The summed E-state index contributed by atoms with van der Waals surface area (Å²) in [6.45, 7) is 11.6. The van der Waals surface area contributed by atoms with E-state index < -0.39 is 71.2 Å². The fourth-order valence-corrected chi connectivity index (χ4v) is 5.59. The van der Waals surface area contributed by atoms with Crippen LogP contribution in [0.1, 0.15) is 65.4 Å². The summed E-state index contributed by atoms with van der Waals surface area (Å²) in [6.07, 6.45) is -2.73. The molecule has 0 radical (unpaired) electrons. The van der Waals surface area contributed by atoms with Gasteiger partial charge in [0.2, 0.25) is 11.5 Å². The maximum Gasteiger partial charge on any atom is 0.408 e. The van der Waals surface area contributed by atoms with Gasteiger partial charge in [0.05, 0.1) is 17.4 Å². The number of ether oxygens (including phenoxy) is 5. The first-order valence-electron chi connectivity index (χ1n) is 16.1. The monoisotopic (exact) mass is 697 g/mol. The fraction of sp³-hybridized carbons (Fsp3) is 0.529. The molecule has 0 bridgehead atoms. The number of nitrogens with two attached hydrogens (primary N) is 1. The zero-order valence-corrected chi connectivity index (χ0v) is 29.0. The molecular formula is C34H44FN7O8. The van der Waals surface area contributed by atoms with Crippen LogP contribution < -0.4 is 16.4 Å². The predicted octanol–water partition coefficient (Wildman–Crippen LogP) is 2.92. The SMILES string of the molecule is CC(C)[C@H](NC(=O)OC(C)(C)C)C(=O)OC[C@H]1O[C@@](C#N)(c2ccc(/C(=N\C=N)NC(=O)[C@@H](N)Cc3ccc(F)cc3)[nH]2)[C@@H]2OC(C)(C)O[C@@H]21. The lowest BCUT2D eigenvalue weighted by Crippen LogP contribution is -2.48. The second-order valence-electron chi connectivity index (χ2n) is 13.8. The molecule has 3 heterocycles. The van der Waals surface area contributed by atoms with Crippen LogP contribution in [0.2, 0.25) is 0 Å². The molecule has 2 aromatic rings. The number of amidine groups is 1. The van der Waals surface area contributed by atoms with E-state index in [1.807, 2.05) is 0 Å². The van der Waals surface area contributed by atoms with Gasteiger partial charge in [-0.05, 0) is 76.8 Å². The number of fused-ring (bicyclic) bond motifs is 1. The molecule has 6 atom stereocenters. The number of rotatable bonds is 11. The van der Waals surface area contributed by atoms with Crippen LogP contribution in [0, 0.1) is 28.5 Å². The molecule has 2 saturated heterocycles. The minimum atomic E-state index is -1.79. The maximum atomic E-state index is 13.3. The highest BCUT2D eigenvalue weighted by atomic mass is 19.1. The number of benzene rings is 1. The highest BCUT2D eigenvalue weighted by molar-refractivity contribution is 6.10. The number of nitriles is 1. The lowest BCUT2D eigenvalue weighted by molar-refractivity contribution is -0.207. The molecule has 1 aromatic heterocycles. The summed E-state index contributed by atoms with van der Waals surface area (Å²) in [4.78, 5) is 45.6. The Hall–Kier alpha value is -4.69. The smallest absolute Gasteiger partial charge is 0.408 e. The van der Waals surface area contributed by atoms with Gasteiger partial charge in [-0.25, -0.2) is 19.0 Å². The zero-order valence-electron chi connectivity index (χ0n) is 29.0. The molecule has 2 fully saturated rings. The highest BCUT2D eigenvalue weighted by Gasteiger charge is 2.65. The summed E-state index contributed by atoms with van der Waals surface area (Å²) in [5.41, 5.74) is 4.62. The number of nitrogens with zero attached hydrogens (tertiary/aromatic N) is 2. The van der Waals surface area contributed by atoms with Gasteiger partial charge in [-0.1, -0.05) is 26.0 Å². The van der Waals surface area contributed by atoms with Crippen molar-refractivity contribution in [3.63, 3.8) is 0 Å². The maximum absolute atomic E-state index is 13.3. The Morgan fingerprint density at radius 1 is 1.16 bits per heavy atom. The van der Waals surface area contributed by atoms with E-state index in [4.69, 9.17) is 34.8 Å². The molecule has 0 spiro atoms. The van der Waals surface area contributed by atoms with Crippen molar-refractivity contribution >= 4 is 30.1 Å². The summed E-state index contributed by atoms with van der Waals surface area (Å²) in [5.74, 6) is -3.29. The number of H-pyrrole nitrogens is 1. The van der Waals surface area contributed by atoms with Crippen LogP contribution in [0.4, 0.5) is 9.18 Å². The molecule has 270 valence electrons. The number of nitrogens with one attached hydrogen (secondary N) is 4. The predicted molar refractivity (Wildman–Crippen MR) is 177 cm³/mol. The number of hydrogen-bond donors (Lipinski definition) is 5. The van der Waals surface area contributed by atoms with Crippen molar-refractivity contribution < 1.29 is 42.5 Å². The third kappa shape index (κ3) is 8.90. The highest BCUT2D eigenvalue weighted by Crippen LogP contribution is 2.48. The zero-order chi connectivity index (χ0) is 37.0. The van der Waals surface area contributed by atoms with Crippen molar-refractivity contribution in [3.05, 3.63) is 59.2 Å². The first kappa shape index (κ1) is 38.1. The van der Waals surface area contributed by atoms with Gasteiger partial charge in [0.25, 0.3) is 0 Å². The summed E-state index contributed by atoms with van der Waals surface area (Å²) in [7, 11) is 0. The Labute approximate surface area is 289 Å². The molecule has 50 heavy (non-hydrogen) atoms. The average molecular weight is 698 g/mol. The third-order valence-electron chi connectivity index (χ3n) is 7.86. The van der Waals surface area contributed by atoms with E-state index in [0.29, 0.717) is 5.56 Å². The van der Waals surface area contributed by atoms with Crippen molar-refractivity contribution in [3.8, 4) is 6.07 Å². The number of hydrogen-bond acceptors (Lipinski definition) is 11. The third-order valence-corrected chi connectivity index (χ3v) is 7.86. The van der Waals surface area contributed by atoms with E-state index >= 15 is 0 Å². The van der Waals surface area contributed by atoms with E-state index in [1.165, 1.54) is 30.3 Å². The van der Waals surface area contributed by atoms with Crippen molar-refractivity contribution in [2.24, 2.45) is 16.6 Å². The molecule has 1 aromatic carbocycles. The normalized spacial score (nSPS) is 24.1. The van der Waals surface area contributed by atoms with Gasteiger partial charge < -0.3 is 45.0 Å². The summed E-state index contributed by atoms with van der Waals surface area (Å²) in [6, 6.07) is 8.79. The van der Waals surface area contributed by atoms with Crippen LogP contribution in [-0.4, -0.2) is 83.5 Å². The van der Waals surface area contributed by atoms with Crippen molar-refractivity contribution in [1.82, 2.24) is 15.6 Å². The first-order valence-corrected chi connectivity index (χ1v) is 16.1. The van der Waals surface area contributed by atoms with Crippen LogP contribution >= 0.6 is 0 Å². The molecule has 2 amide bonds. The number of halogens is 1. The summed E-state index contributed by atoms with van der Waals surface area (Å²) >= 11 is 0. The van der Waals surface area contributed by atoms with Crippen molar-refractivity contribution in [2.75, 3.05) is 6.61 Å².